The molecule has 1 heterocycles. The summed E-state index contributed by atoms with van der Waals surface area (Å²) in [5.74, 6) is 0.961. The van der Waals surface area contributed by atoms with Crippen molar-refractivity contribution in [3.63, 3.8) is 0 Å². The highest BCUT2D eigenvalue weighted by Crippen LogP contribution is 2.41. The Labute approximate surface area is 148 Å². The lowest BCUT2D eigenvalue weighted by molar-refractivity contribution is -0.0320. The highest BCUT2D eigenvalue weighted by molar-refractivity contribution is 5.79. The van der Waals surface area contributed by atoms with Crippen LogP contribution in [0.4, 0.5) is 0 Å². The highest BCUT2D eigenvalue weighted by atomic mass is 16.5. The van der Waals surface area contributed by atoms with Gasteiger partial charge in [-0.05, 0) is 50.9 Å². The summed E-state index contributed by atoms with van der Waals surface area (Å²) in [4.78, 5) is 4.86. The van der Waals surface area contributed by atoms with E-state index in [1.165, 1.54) is 32.1 Å². The molecule has 5 nitrogen and oxygen atoms in total. The smallest absolute Gasteiger partial charge is 0.191 e. The van der Waals surface area contributed by atoms with Gasteiger partial charge in [-0.1, -0.05) is 19.8 Å². The summed E-state index contributed by atoms with van der Waals surface area (Å²) in [6.45, 7) is 9.72. The summed E-state index contributed by atoms with van der Waals surface area (Å²) >= 11 is 0. The fraction of sp³-hybridized carbons (Fsp3) is 0.947. The minimum atomic E-state index is 0.396. The van der Waals surface area contributed by atoms with Gasteiger partial charge in [0.05, 0.1) is 6.10 Å². The minimum Gasteiger partial charge on any atom is -0.381 e. The van der Waals surface area contributed by atoms with Gasteiger partial charge in [-0.15, -0.1) is 0 Å². The van der Waals surface area contributed by atoms with Crippen LogP contribution in [0.5, 0.6) is 0 Å². The Kier molecular flexibility index (Phi) is 8.89. The quantitative estimate of drug-likeness (QED) is 0.385. The molecule has 24 heavy (non-hydrogen) atoms. The maximum atomic E-state index is 5.92. The van der Waals surface area contributed by atoms with Crippen molar-refractivity contribution in [3.05, 3.63) is 0 Å². The lowest BCUT2D eigenvalue weighted by Crippen LogP contribution is -2.39. The molecule has 0 aromatic rings. The molecule has 0 amide bonds. The normalized spacial score (nSPS) is 21.8. The van der Waals surface area contributed by atoms with Gasteiger partial charge in [0.1, 0.15) is 0 Å². The number of aliphatic imine (C=N–C) groups is 1. The second kappa shape index (κ2) is 10.9. The van der Waals surface area contributed by atoms with Crippen molar-refractivity contribution in [2.75, 3.05) is 39.5 Å². The number of nitrogens with one attached hydrogen (secondary N) is 2. The van der Waals surface area contributed by atoms with Crippen molar-refractivity contribution < 1.29 is 9.47 Å². The van der Waals surface area contributed by atoms with Crippen LogP contribution >= 0.6 is 0 Å². The van der Waals surface area contributed by atoms with Crippen LogP contribution in [0.25, 0.3) is 0 Å². The van der Waals surface area contributed by atoms with Crippen molar-refractivity contribution in [1.29, 1.82) is 0 Å². The molecule has 140 valence electrons. The van der Waals surface area contributed by atoms with E-state index >= 15 is 0 Å². The highest BCUT2D eigenvalue weighted by Gasteiger charge is 2.31. The van der Waals surface area contributed by atoms with Gasteiger partial charge in [-0.25, -0.2) is 0 Å². The molecule has 2 N–H and O–H groups in total. The third kappa shape index (κ3) is 6.60. The molecule has 1 saturated heterocycles. The van der Waals surface area contributed by atoms with Crippen LogP contribution in [-0.2, 0) is 9.47 Å². The zero-order valence-corrected chi connectivity index (χ0v) is 15.7. The second-order valence-corrected chi connectivity index (χ2v) is 7.22. The molecule has 0 unspecified atom stereocenters. The van der Waals surface area contributed by atoms with Gasteiger partial charge >= 0.3 is 0 Å². The van der Waals surface area contributed by atoms with Crippen LogP contribution in [0.1, 0.15) is 65.2 Å². The Balaban J connectivity index is 1.65. The van der Waals surface area contributed by atoms with Gasteiger partial charge in [0.2, 0.25) is 0 Å². The maximum absolute atomic E-state index is 5.92. The largest absolute Gasteiger partial charge is 0.381 e. The molecule has 0 aromatic carbocycles. The van der Waals surface area contributed by atoms with Crippen molar-refractivity contribution in [2.45, 2.75) is 71.3 Å². The number of guanidine groups is 1. The van der Waals surface area contributed by atoms with E-state index in [0.717, 1.165) is 64.7 Å². The molecule has 2 aliphatic rings. The predicted molar refractivity (Wildman–Crippen MR) is 99.6 cm³/mol. The van der Waals surface area contributed by atoms with Crippen LogP contribution in [0.15, 0.2) is 4.99 Å². The molecule has 0 spiro atoms. The molecular formula is C19H37N3O2. The Hall–Kier alpha value is -0.810. The van der Waals surface area contributed by atoms with Crippen LogP contribution < -0.4 is 10.6 Å². The summed E-state index contributed by atoms with van der Waals surface area (Å²) < 4.78 is 11.3. The van der Waals surface area contributed by atoms with Gasteiger partial charge in [0.25, 0.3) is 0 Å². The number of hydrogen-bond acceptors (Lipinski definition) is 3. The molecule has 1 aliphatic heterocycles. The monoisotopic (exact) mass is 339 g/mol. The van der Waals surface area contributed by atoms with E-state index in [0.29, 0.717) is 11.5 Å². The van der Waals surface area contributed by atoms with Crippen molar-refractivity contribution in [2.24, 2.45) is 10.4 Å². The summed E-state index contributed by atoms with van der Waals surface area (Å²) in [7, 11) is 0. The molecule has 1 saturated carbocycles. The number of nitrogens with zero attached hydrogens (tertiary/aromatic N) is 1. The summed E-state index contributed by atoms with van der Waals surface area (Å²) in [5.41, 5.74) is 0.453. The van der Waals surface area contributed by atoms with Gasteiger partial charge in [-0.2, -0.15) is 0 Å². The molecule has 2 fully saturated rings. The minimum absolute atomic E-state index is 0.396. The first-order valence-electron chi connectivity index (χ1n) is 9.99. The lowest BCUT2D eigenvalue weighted by Gasteiger charge is -2.25. The predicted octanol–water partition coefficient (Wildman–Crippen LogP) is 3.10. The summed E-state index contributed by atoms with van der Waals surface area (Å²) in [5, 5.41) is 6.83. The first-order valence-corrected chi connectivity index (χ1v) is 9.99. The van der Waals surface area contributed by atoms with E-state index < -0.39 is 0 Å². The number of ether oxygens (including phenoxy) is 2. The number of rotatable bonds is 9. The molecule has 0 radical (unpaired) electrons. The topological polar surface area (TPSA) is 54.9 Å². The third-order valence-corrected chi connectivity index (χ3v) is 5.47. The second-order valence-electron chi connectivity index (χ2n) is 7.22. The van der Waals surface area contributed by atoms with E-state index in [1.54, 1.807) is 0 Å². The zero-order valence-electron chi connectivity index (χ0n) is 15.7. The van der Waals surface area contributed by atoms with E-state index in [1.807, 2.05) is 0 Å². The van der Waals surface area contributed by atoms with Crippen molar-refractivity contribution in [3.8, 4) is 0 Å². The summed E-state index contributed by atoms with van der Waals surface area (Å²) in [6, 6.07) is 0. The Morgan fingerprint density at radius 3 is 2.58 bits per heavy atom. The van der Waals surface area contributed by atoms with E-state index in [9.17, 15) is 0 Å². The van der Waals surface area contributed by atoms with Crippen LogP contribution in [-0.4, -0.2) is 51.5 Å². The first kappa shape index (κ1) is 19.5. The molecular weight excluding hydrogens is 302 g/mol. The SMILES string of the molecule is CCNC(=NCC1(CC)CCCC1)NCCCOC1CCOCC1. The van der Waals surface area contributed by atoms with E-state index in [4.69, 9.17) is 14.5 Å². The van der Waals surface area contributed by atoms with Crippen LogP contribution in [0.3, 0.4) is 0 Å². The lowest BCUT2D eigenvalue weighted by atomic mass is 9.84. The van der Waals surface area contributed by atoms with Gasteiger partial charge in [0.15, 0.2) is 5.96 Å². The molecule has 2 rings (SSSR count). The zero-order chi connectivity index (χ0) is 17.1. The van der Waals surface area contributed by atoms with Gasteiger partial charge in [0, 0.05) is 39.5 Å². The maximum Gasteiger partial charge on any atom is 0.191 e. The molecule has 0 bridgehead atoms. The average molecular weight is 340 g/mol. The average Bonchev–Trinajstić information content (AvgIpc) is 3.10. The summed E-state index contributed by atoms with van der Waals surface area (Å²) in [6.07, 6.45) is 10.2. The molecule has 5 heteroatoms. The van der Waals surface area contributed by atoms with Crippen LogP contribution in [0.2, 0.25) is 0 Å². The van der Waals surface area contributed by atoms with Crippen molar-refractivity contribution >= 4 is 5.96 Å². The van der Waals surface area contributed by atoms with Gasteiger partial charge < -0.3 is 20.1 Å². The Morgan fingerprint density at radius 2 is 1.92 bits per heavy atom. The van der Waals surface area contributed by atoms with E-state index in [-0.39, 0.29) is 0 Å². The number of hydrogen-bond donors (Lipinski definition) is 2. The first-order chi connectivity index (χ1) is 11.8. The van der Waals surface area contributed by atoms with Crippen molar-refractivity contribution in [1.82, 2.24) is 10.6 Å². The Morgan fingerprint density at radius 1 is 1.17 bits per heavy atom. The standard InChI is InChI=1S/C19H37N3O2/c1-3-19(10-5-6-11-19)16-22-18(20-4-2)21-12-7-13-24-17-8-14-23-15-9-17/h17H,3-16H2,1-2H3,(H2,20,21,22). The molecule has 0 atom stereocenters. The fourth-order valence-electron chi connectivity index (χ4n) is 3.71. The molecule has 0 aromatic heterocycles. The van der Waals surface area contributed by atoms with Gasteiger partial charge in [-0.3, -0.25) is 4.99 Å². The van der Waals surface area contributed by atoms with Crippen LogP contribution in [0, 0.1) is 5.41 Å². The Bertz CT molecular complexity index is 362. The van der Waals surface area contributed by atoms with E-state index in [2.05, 4.69) is 24.5 Å². The molecule has 1 aliphatic carbocycles. The fourth-order valence-corrected chi connectivity index (χ4v) is 3.71. The third-order valence-electron chi connectivity index (χ3n) is 5.47.